The molecule has 4 fully saturated rings. The molecule has 4 saturated carbocycles. The van der Waals surface area contributed by atoms with Gasteiger partial charge in [-0.3, -0.25) is 0 Å². The number of nitrogens with one attached hydrogen (secondary N) is 1. The fourth-order valence-corrected chi connectivity index (χ4v) is 7.41. The minimum absolute atomic E-state index is 0.330. The van der Waals surface area contributed by atoms with Crippen molar-refractivity contribution in [2.75, 3.05) is 18.5 Å². The van der Waals surface area contributed by atoms with Crippen molar-refractivity contribution < 1.29 is 4.74 Å². The predicted molar refractivity (Wildman–Crippen MR) is 116 cm³/mol. The van der Waals surface area contributed by atoms with Gasteiger partial charge in [-0.1, -0.05) is 12.1 Å². The summed E-state index contributed by atoms with van der Waals surface area (Å²) < 4.78 is 8.18. The van der Waals surface area contributed by atoms with Gasteiger partial charge >= 0.3 is 0 Å². The molecule has 4 aliphatic carbocycles. The van der Waals surface area contributed by atoms with Crippen molar-refractivity contribution in [2.24, 2.45) is 17.8 Å². The molecule has 2 aromatic rings. The quantitative estimate of drug-likeness (QED) is 0.749. The van der Waals surface area contributed by atoms with E-state index in [0.29, 0.717) is 12.0 Å². The smallest absolute Gasteiger partial charge is 0.145 e. The first-order valence-electron chi connectivity index (χ1n) is 11.8. The maximum absolute atomic E-state index is 5.98. The second-order valence-corrected chi connectivity index (χ2v) is 10.1. The summed E-state index contributed by atoms with van der Waals surface area (Å²) in [6.45, 7) is 3.77. The molecule has 1 aromatic heterocycles. The van der Waals surface area contributed by atoms with E-state index >= 15 is 0 Å². The molecular formula is C25H33N3O. The van der Waals surface area contributed by atoms with E-state index in [0.717, 1.165) is 42.2 Å². The maximum Gasteiger partial charge on any atom is 0.145 e. The summed E-state index contributed by atoms with van der Waals surface area (Å²) in [7, 11) is 0. The normalized spacial score (nSPS) is 32.5. The van der Waals surface area contributed by atoms with Crippen LogP contribution in [0.1, 0.15) is 69.5 Å². The number of nitrogens with zero attached hydrogens (tertiary/aromatic N) is 2. The number of hydrogen-bond acceptors (Lipinski definition) is 3. The van der Waals surface area contributed by atoms with E-state index in [4.69, 9.17) is 9.84 Å². The second kappa shape index (κ2) is 6.78. The summed E-state index contributed by atoms with van der Waals surface area (Å²) in [6.07, 6.45) is 12.2. The van der Waals surface area contributed by atoms with Crippen molar-refractivity contribution in [2.45, 2.75) is 70.1 Å². The SMILES string of the molecule is CCOc1ccccc1-n1nc(C23CC4CC(CC(C4)C2)C3)c2c1NCCCC2. The van der Waals surface area contributed by atoms with E-state index in [9.17, 15) is 0 Å². The van der Waals surface area contributed by atoms with Gasteiger partial charge in [-0.2, -0.15) is 5.10 Å². The third-order valence-corrected chi connectivity index (χ3v) is 8.06. The molecule has 0 unspecified atom stereocenters. The Morgan fingerprint density at radius 1 is 1.07 bits per heavy atom. The minimum Gasteiger partial charge on any atom is -0.492 e. The van der Waals surface area contributed by atoms with Crippen molar-refractivity contribution in [3.8, 4) is 11.4 Å². The lowest BCUT2D eigenvalue weighted by Crippen LogP contribution is -2.49. The van der Waals surface area contributed by atoms with Crippen LogP contribution in [0.15, 0.2) is 24.3 Å². The molecule has 0 saturated heterocycles. The zero-order valence-electron chi connectivity index (χ0n) is 17.6. The third-order valence-electron chi connectivity index (χ3n) is 8.06. The van der Waals surface area contributed by atoms with Crippen LogP contribution in [0, 0.1) is 17.8 Å². The van der Waals surface area contributed by atoms with Gasteiger partial charge in [-0.05, 0) is 94.6 Å². The highest BCUT2D eigenvalue weighted by Crippen LogP contribution is 2.61. The van der Waals surface area contributed by atoms with Crippen LogP contribution in [0.3, 0.4) is 0 Å². The summed E-state index contributed by atoms with van der Waals surface area (Å²) in [5.74, 6) is 4.99. The van der Waals surface area contributed by atoms with Gasteiger partial charge < -0.3 is 10.1 Å². The molecule has 29 heavy (non-hydrogen) atoms. The molecule has 1 aromatic carbocycles. The van der Waals surface area contributed by atoms with Crippen molar-refractivity contribution in [1.29, 1.82) is 0 Å². The van der Waals surface area contributed by atoms with Crippen molar-refractivity contribution >= 4 is 5.82 Å². The summed E-state index contributed by atoms with van der Waals surface area (Å²) in [4.78, 5) is 0. The van der Waals surface area contributed by atoms with Crippen molar-refractivity contribution in [3.05, 3.63) is 35.5 Å². The molecule has 0 spiro atoms. The highest BCUT2D eigenvalue weighted by Gasteiger charge is 2.53. The molecule has 7 rings (SSSR count). The van der Waals surface area contributed by atoms with Crippen LogP contribution in [-0.4, -0.2) is 22.9 Å². The third kappa shape index (κ3) is 2.82. The van der Waals surface area contributed by atoms with Gasteiger partial charge in [-0.15, -0.1) is 0 Å². The Morgan fingerprint density at radius 2 is 1.79 bits per heavy atom. The molecule has 5 aliphatic rings. The van der Waals surface area contributed by atoms with Gasteiger partial charge in [0.25, 0.3) is 0 Å². The number of fused-ring (bicyclic) bond motifs is 1. The van der Waals surface area contributed by atoms with Crippen LogP contribution in [0.5, 0.6) is 5.75 Å². The molecular weight excluding hydrogens is 358 g/mol. The predicted octanol–water partition coefficient (Wildman–Crippen LogP) is 5.49. The lowest BCUT2D eigenvalue weighted by molar-refractivity contribution is -0.00774. The van der Waals surface area contributed by atoms with Crippen LogP contribution in [0.4, 0.5) is 5.82 Å². The summed E-state index contributed by atoms with van der Waals surface area (Å²) in [5, 5.41) is 9.17. The Hall–Kier alpha value is -1.97. The van der Waals surface area contributed by atoms with E-state index in [1.165, 1.54) is 68.4 Å². The monoisotopic (exact) mass is 391 g/mol. The zero-order chi connectivity index (χ0) is 19.4. The Kier molecular flexibility index (Phi) is 4.18. The first-order chi connectivity index (χ1) is 14.3. The number of anilines is 1. The molecule has 1 aliphatic heterocycles. The van der Waals surface area contributed by atoms with Gasteiger partial charge in [0.15, 0.2) is 0 Å². The van der Waals surface area contributed by atoms with E-state index in [-0.39, 0.29) is 0 Å². The van der Waals surface area contributed by atoms with Gasteiger partial charge in [0, 0.05) is 17.5 Å². The first-order valence-corrected chi connectivity index (χ1v) is 11.8. The van der Waals surface area contributed by atoms with Gasteiger partial charge in [0.2, 0.25) is 0 Å². The van der Waals surface area contributed by atoms with Crippen LogP contribution in [0.25, 0.3) is 5.69 Å². The highest BCUT2D eigenvalue weighted by atomic mass is 16.5. The number of para-hydroxylation sites is 2. The lowest BCUT2D eigenvalue weighted by atomic mass is 9.48. The Morgan fingerprint density at radius 3 is 2.52 bits per heavy atom. The zero-order valence-corrected chi connectivity index (χ0v) is 17.6. The van der Waals surface area contributed by atoms with E-state index < -0.39 is 0 Å². The van der Waals surface area contributed by atoms with Crippen molar-refractivity contribution in [1.82, 2.24) is 9.78 Å². The molecule has 154 valence electrons. The fraction of sp³-hybridized carbons (Fsp3) is 0.640. The van der Waals surface area contributed by atoms with Gasteiger partial charge in [0.05, 0.1) is 12.3 Å². The second-order valence-electron chi connectivity index (χ2n) is 10.1. The van der Waals surface area contributed by atoms with Crippen LogP contribution in [-0.2, 0) is 11.8 Å². The van der Waals surface area contributed by atoms with Gasteiger partial charge in [0.1, 0.15) is 17.3 Å². The number of benzene rings is 1. The highest BCUT2D eigenvalue weighted by molar-refractivity contribution is 5.59. The molecule has 0 atom stereocenters. The number of aromatic nitrogens is 2. The molecule has 4 nitrogen and oxygen atoms in total. The summed E-state index contributed by atoms with van der Waals surface area (Å²) in [5.41, 5.74) is 4.36. The Balaban J connectivity index is 1.51. The molecule has 4 bridgehead atoms. The van der Waals surface area contributed by atoms with Crippen LogP contribution < -0.4 is 10.1 Å². The molecule has 0 amide bonds. The average Bonchev–Trinajstić information content (AvgIpc) is 2.90. The Bertz CT molecular complexity index is 880. The first kappa shape index (κ1) is 17.9. The fourth-order valence-electron chi connectivity index (χ4n) is 7.41. The molecule has 0 radical (unpaired) electrons. The summed E-state index contributed by atoms with van der Waals surface area (Å²) in [6, 6.07) is 8.40. The van der Waals surface area contributed by atoms with E-state index in [1.54, 1.807) is 0 Å². The summed E-state index contributed by atoms with van der Waals surface area (Å²) >= 11 is 0. The molecule has 4 heteroatoms. The maximum atomic E-state index is 5.98. The standard InChI is InChI=1S/C25H33N3O/c1-2-29-22-9-4-3-8-21(22)28-24-20(7-5-6-10-26-24)23(27-28)25-14-17-11-18(15-25)13-19(12-17)16-25/h3-4,8-9,17-19,26H,2,5-7,10-16H2,1H3. The Labute approximate surface area is 174 Å². The van der Waals surface area contributed by atoms with Gasteiger partial charge in [-0.25, -0.2) is 4.68 Å². The average molecular weight is 392 g/mol. The molecule has 2 heterocycles. The number of hydrogen-bond donors (Lipinski definition) is 1. The van der Waals surface area contributed by atoms with Crippen molar-refractivity contribution in [3.63, 3.8) is 0 Å². The lowest BCUT2D eigenvalue weighted by Gasteiger charge is -2.56. The number of ether oxygens (including phenoxy) is 1. The number of rotatable bonds is 4. The van der Waals surface area contributed by atoms with E-state index in [2.05, 4.69) is 41.2 Å². The minimum atomic E-state index is 0.330. The van der Waals surface area contributed by atoms with Crippen LogP contribution >= 0.6 is 0 Å². The van der Waals surface area contributed by atoms with E-state index in [1.807, 2.05) is 0 Å². The molecule has 1 N–H and O–H groups in total. The van der Waals surface area contributed by atoms with Crippen LogP contribution in [0.2, 0.25) is 0 Å². The topological polar surface area (TPSA) is 39.1 Å². The largest absolute Gasteiger partial charge is 0.492 e.